The summed E-state index contributed by atoms with van der Waals surface area (Å²) in [4.78, 5) is 41.0. The summed E-state index contributed by atoms with van der Waals surface area (Å²) in [6.07, 6.45) is 4.74. The highest BCUT2D eigenvalue weighted by Gasteiger charge is 2.48. The molecule has 3 aliphatic rings. The molecule has 3 amide bonds. The van der Waals surface area contributed by atoms with Crippen molar-refractivity contribution in [1.29, 1.82) is 0 Å². The van der Waals surface area contributed by atoms with Gasteiger partial charge in [0.15, 0.2) is 0 Å². The van der Waals surface area contributed by atoms with E-state index in [0.717, 1.165) is 37.8 Å². The lowest BCUT2D eigenvalue weighted by atomic mass is 9.81. The number of anilines is 1. The Morgan fingerprint density at radius 2 is 1.72 bits per heavy atom. The fourth-order valence-electron chi connectivity index (χ4n) is 4.72. The molecular formula is C20H24N2O3. The lowest BCUT2D eigenvalue weighted by Gasteiger charge is -2.24. The van der Waals surface area contributed by atoms with Crippen LogP contribution >= 0.6 is 0 Å². The second-order valence-corrected chi connectivity index (χ2v) is 7.52. The third kappa shape index (κ3) is 2.66. The number of likely N-dealkylation sites (tertiary alicyclic amines) is 1. The van der Waals surface area contributed by atoms with E-state index >= 15 is 0 Å². The molecule has 3 atom stereocenters. The van der Waals surface area contributed by atoms with Crippen molar-refractivity contribution in [3.8, 4) is 0 Å². The lowest BCUT2D eigenvalue weighted by molar-refractivity contribution is -0.140. The third-order valence-corrected chi connectivity index (χ3v) is 5.96. The van der Waals surface area contributed by atoms with Gasteiger partial charge in [-0.1, -0.05) is 31.0 Å². The number of imide groups is 1. The van der Waals surface area contributed by atoms with Gasteiger partial charge in [0, 0.05) is 24.7 Å². The highest BCUT2D eigenvalue weighted by molar-refractivity contribution is 6.05. The van der Waals surface area contributed by atoms with Crippen LogP contribution in [-0.2, 0) is 20.8 Å². The number of amides is 3. The van der Waals surface area contributed by atoms with Crippen molar-refractivity contribution >= 4 is 23.4 Å². The molecule has 1 aliphatic carbocycles. The minimum absolute atomic E-state index is 0.00655. The number of nitrogens with zero attached hydrogens (tertiary/aromatic N) is 2. The first kappa shape index (κ1) is 16.3. The van der Waals surface area contributed by atoms with E-state index in [-0.39, 0.29) is 48.6 Å². The Labute approximate surface area is 148 Å². The molecule has 0 N–H and O–H groups in total. The van der Waals surface area contributed by atoms with Crippen LogP contribution in [-0.4, -0.2) is 35.2 Å². The standard InChI is InChI=1S/C20H24N2O3/c1-13-12-14-6-2-5-9-17(14)22(13)18(23)10-11-21-19(24)15-7-3-4-8-16(15)20(21)25/h2,5-6,9,13,15-16H,3-4,7-8,10-12H2,1H3/t13-,15-,16+/m0/s1. The summed E-state index contributed by atoms with van der Waals surface area (Å²) < 4.78 is 0. The van der Waals surface area contributed by atoms with E-state index in [2.05, 4.69) is 6.07 Å². The van der Waals surface area contributed by atoms with Gasteiger partial charge in [-0.05, 0) is 37.8 Å². The summed E-state index contributed by atoms with van der Waals surface area (Å²) in [6.45, 7) is 2.26. The van der Waals surface area contributed by atoms with E-state index in [4.69, 9.17) is 0 Å². The van der Waals surface area contributed by atoms with E-state index in [1.807, 2.05) is 30.0 Å². The summed E-state index contributed by atoms with van der Waals surface area (Å²) >= 11 is 0. The first-order valence-corrected chi connectivity index (χ1v) is 9.33. The summed E-state index contributed by atoms with van der Waals surface area (Å²) in [5.41, 5.74) is 2.15. The SMILES string of the molecule is C[C@H]1Cc2ccccc2N1C(=O)CCN1C(=O)[C@H]2CCCC[C@H]2C1=O. The van der Waals surface area contributed by atoms with Crippen molar-refractivity contribution in [3.63, 3.8) is 0 Å². The molecule has 1 aromatic rings. The van der Waals surface area contributed by atoms with Crippen LogP contribution in [0.5, 0.6) is 0 Å². The van der Waals surface area contributed by atoms with Gasteiger partial charge < -0.3 is 4.90 Å². The summed E-state index contributed by atoms with van der Waals surface area (Å²) in [7, 11) is 0. The predicted octanol–water partition coefficient (Wildman–Crippen LogP) is 2.53. The fraction of sp³-hybridized carbons (Fsp3) is 0.550. The van der Waals surface area contributed by atoms with Gasteiger partial charge in [-0.2, -0.15) is 0 Å². The summed E-state index contributed by atoms with van der Waals surface area (Å²) in [5.74, 6) is -0.395. The maximum atomic E-state index is 12.8. The first-order chi connectivity index (χ1) is 12.1. The molecule has 2 fully saturated rings. The molecule has 0 bridgehead atoms. The van der Waals surface area contributed by atoms with E-state index < -0.39 is 0 Å². The monoisotopic (exact) mass is 340 g/mol. The van der Waals surface area contributed by atoms with Crippen LogP contribution in [0.2, 0.25) is 0 Å². The molecule has 2 aliphatic heterocycles. The van der Waals surface area contributed by atoms with E-state index in [1.54, 1.807) is 0 Å². The molecule has 4 rings (SSSR count). The van der Waals surface area contributed by atoms with Crippen LogP contribution in [0.3, 0.4) is 0 Å². The average molecular weight is 340 g/mol. The van der Waals surface area contributed by atoms with Crippen molar-refractivity contribution in [2.45, 2.75) is 51.5 Å². The Hall–Kier alpha value is -2.17. The summed E-state index contributed by atoms with van der Waals surface area (Å²) in [6, 6.07) is 8.07. The van der Waals surface area contributed by atoms with Crippen LogP contribution in [0.4, 0.5) is 5.69 Å². The van der Waals surface area contributed by atoms with Crippen molar-refractivity contribution in [2.75, 3.05) is 11.4 Å². The molecule has 5 nitrogen and oxygen atoms in total. The number of carbonyl (C=O) groups excluding carboxylic acids is 3. The lowest BCUT2D eigenvalue weighted by Crippen LogP contribution is -2.39. The van der Waals surface area contributed by atoms with E-state index in [0.29, 0.717) is 0 Å². The second-order valence-electron chi connectivity index (χ2n) is 7.52. The Morgan fingerprint density at radius 3 is 2.40 bits per heavy atom. The highest BCUT2D eigenvalue weighted by atomic mass is 16.2. The average Bonchev–Trinajstić information content (AvgIpc) is 3.08. The minimum Gasteiger partial charge on any atom is -0.309 e. The Kier molecular flexibility index (Phi) is 4.10. The summed E-state index contributed by atoms with van der Waals surface area (Å²) in [5, 5.41) is 0. The van der Waals surface area contributed by atoms with Gasteiger partial charge in [0.05, 0.1) is 11.8 Å². The number of hydrogen-bond donors (Lipinski definition) is 0. The molecule has 1 saturated carbocycles. The smallest absolute Gasteiger partial charge is 0.233 e. The van der Waals surface area contributed by atoms with Crippen LogP contribution in [0, 0.1) is 11.8 Å². The largest absolute Gasteiger partial charge is 0.309 e. The fourth-order valence-corrected chi connectivity index (χ4v) is 4.72. The van der Waals surface area contributed by atoms with E-state index in [1.165, 1.54) is 10.5 Å². The van der Waals surface area contributed by atoms with Gasteiger partial charge in [0.2, 0.25) is 17.7 Å². The number of para-hydroxylation sites is 1. The Bertz CT molecular complexity index is 705. The van der Waals surface area contributed by atoms with Crippen molar-refractivity contribution in [2.24, 2.45) is 11.8 Å². The van der Waals surface area contributed by atoms with Crippen molar-refractivity contribution < 1.29 is 14.4 Å². The third-order valence-electron chi connectivity index (χ3n) is 5.96. The van der Waals surface area contributed by atoms with Crippen molar-refractivity contribution in [3.05, 3.63) is 29.8 Å². The molecule has 5 heteroatoms. The Balaban J connectivity index is 1.44. The van der Waals surface area contributed by atoms with E-state index in [9.17, 15) is 14.4 Å². The molecule has 0 aromatic heterocycles. The number of carbonyl (C=O) groups is 3. The predicted molar refractivity (Wildman–Crippen MR) is 93.9 cm³/mol. The van der Waals surface area contributed by atoms with Gasteiger partial charge in [0.25, 0.3) is 0 Å². The van der Waals surface area contributed by atoms with Gasteiger partial charge in [0.1, 0.15) is 0 Å². The molecule has 25 heavy (non-hydrogen) atoms. The number of benzene rings is 1. The molecule has 1 aromatic carbocycles. The molecule has 2 heterocycles. The van der Waals surface area contributed by atoms with Crippen LogP contribution < -0.4 is 4.90 Å². The topological polar surface area (TPSA) is 57.7 Å². The van der Waals surface area contributed by atoms with Crippen molar-refractivity contribution in [1.82, 2.24) is 4.90 Å². The molecule has 1 saturated heterocycles. The molecular weight excluding hydrogens is 316 g/mol. The van der Waals surface area contributed by atoms with Crippen LogP contribution in [0.25, 0.3) is 0 Å². The van der Waals surface area contributed by atoms with Gasteiger partial charge in [-0.25, -0.2) is 0 Å². The zero-order valence-corrected chi connectivity index (χ0v) is 14.6. The Morgan fingerprint density at radius 1 is 1.08 bits per heavy atom. The number of hydrogen-bond acceptors (Lipinski definition) is 3. The van der Waals surface area contributed by atoms with Crippen LogP contribution in [0.1, 0.15) is 44.6 Å². The van der Waals surface area contributed by atoms with Gasteiger partial charge >= 0.3 is 0 Å². The maximum absolute atomic E-state index is 12.8. The first-order valence-electron chi connectivity index (χ1n) is 9.33. The zero-order chi connectivity index (χ0) is 17.6. The van der Waals surface area contributed by atoms with Gasteiger partial charge in [-0.3, -0.25) is 19.3 Å². The molecule has 0 spiro atoms. The zero-order valence-electron chi connectivity index (χ0n) is 14.6. The van der Waals surface area contributed by atoms with Crippen LogP contribution in [0.15, 0.2) is 24.3 Å². The van der Waals surface area contributed by atoms with Gasteiger partial charge in [-0.15, -0.1) is 0 Å². The maximum Gasteiger partial charge on any atom is 0.233 e. The molecule has 0 radical (unpaired) electrons. The number of fused-ring (bicyclic) bond motifs is 2. The molecule has 132 valence electrons. The highest BCUT2D eigenvalue weighted by Crippen LogP contribution is 2.38. The minimum atomic E-state index is -0.136. The molecule has 0 unspecified atom stereocenters. The number of rotatable bonds is 3. The normalized spacial score (nSPS) is 28.3. The quantitative estimate of drug-likeness (QED) is 0.795. The second kappa shape index (κ2) is 6.28.